The van der Waals surface area contributed by atoms with Gasteiger partial charge in [-0.1, -0.05) is 19.1 Å². The van der Waals surface area contributed by atoms with Crippen LogP contribution in [0.15, 0.2) is 24.3 Å². The van der Waals surface area contributed by atoms with Crippen molar-refractivity contribution >= 4 is 0 Å². The van der Waals surface area contributed by atoms with Gasteiger partial charge in [0.15, 0.2) is 0 Å². The maximum atomic E-state index is 12.2. The Bertz CT molecular complexity index is 429. The molecular weight excluding hydrogens is 267 g/mol. The minimum absolute atomic E-state index is 0.138. The molecule has 2 rings (SSSR count). The van der Waals surface area contributed by atoms with Gasteiger partial charge in [-0.2, -0.15) is 0 Å². The summed E-state index contributed by atoms with van der Waals surface area (Å²) in [6, 6.07) is 6.74. The molecule has 0 aromatic heterocycles. The third-order valence-electron chi connectivity index (χ3n) is 3.53. The number of ether oxygens (including phenoxy) is 1. The Morgan fingerprint density at radius 3 is 2.70 bits per heavy atom. The molecule has 1 atom stereocenters. The van der Waals surface area contributed by atoms with Crippen LogP contribution in [0, 0.1) is 5.92 Å². The molecule has 1 unspecified atom stereocenters. The minimum Gasteiger partial charge on any atom is -0.406 e. The van der Waals surface area contributed by atoms with Crippen LogP contribution >= 0.6 is 0 Å². The standard InChI is InChI=1S/C15H20F3NO/c1-2-19-14(12-7-8-12)9-6-11-4-3-5-13(10-11)20-15(16,17)18/h3-5,10,12,14,19H,2,6-9H2,1H3. The van der Waals surface area contributed by atoms with E-state index in [1.807, 2.05) is 6.07 Å². The summed E-state index contributed by atoms with van der Waals surface area (Å²) in [5.74, 6) is 0.603. The van der Waals surface area contributed by atoms with Crippen LogP contribution in [-0.2, 0) is 6.42 Å². The number of benzene rings is 1. The number of rotatable bonds is 7. The highest BCUT2D eigenvalue weighted by Gasteiger charge is 2.31. The lowest BCUT2D eigenvalue weighted by atomic mass is 10.0. The molecular formula is C15H20F3NO. The van der Waals surface area contributed by atoms with Crippen molar-refractivity contribution in [2.45, 2.75) is 45.0 Å². The fraction of sp³-hybridized carbons (Fsp3) is 0.600. The van der Waals surface area contributed by atoms with Crippen molar-refractivity contribution in [3.05, 3.63) is 29.8 Å². The lowest BCUT2D eigenvalue weighted by Crippen LogP contribution is -2.31. The second-order valence-corrected chi connectivity index (χ2v) is 5.24. The largest absolute Gasteiger partial charge is 0.573 e. The lowest BCUT2D eigenvalue weighted by Gasteiger charge is -2.17. The first-order chi connectivity index (χ1) is 9.48. The van der Waals surface area contributed by atoms with Crippen LogP contribution in [0.5, 0.6) is 5.75 Å². The molecule has 1 saturated carbocycles. The Morgan fingerprint density at radius 1 is 1.35 bits per heavy atom. The molecule has 1 fully saturated rings. The zero-order chi connectivity index (χ0) is 14.6. The Balaban J connectivity index is 1.90. The van der Waals surface area contributed by atoms with E-state index in [0.717, 1.165) is 30.9 Å². The topological polar surface area (TPSA) is 21.3 Å². The van der Waals surface area contributed by atoms with Gasteiger partial charge in [-0.25, -0.2) is 0 Å². The van der Waals surface area contributed by atoms with Crippen LogP contribution in [0.1, 0.15) is 31.7 Å². The van der Waals surface area contributed by atoms with E-state index < -0.39 is 6.36 Å². The number of hydrogen-bond acceptors (Lipinski definition) is 2. The molecule has 0 bridgehead atoms. The molecule has 5 heteroatoms. The van der Waals surface area contributed by atoms with Crippen molar-refractivity contribution in [1.82, 2.24) is 5.32 Å². The Labute approximate surface area is 117 Å². The van der Waals surface area contributed by atoms with Gasteiger partial charge >= 0.3 is 6.36 Å². The van der Waals surface area contributed by atoms with E-state index in [2.05, 4.69) is 17.0 Å². The van der Waals surface area contributed by atoms with Crippen molar-refractivity contribution in [3.63, 3.8) is 0 Å². The van der Waals surface area contributed by atoms with Gasteiger partial charge in [0.2, 0.25) is 0 Å². The molecule has 112 valence electrons. The van der Waals surface area contributed by atoms with Crippen LogP contribution in [-0.4, -0.2) is 18.9 Å². The Hall–Kier alpha value is -1.23. The van der Waals surface area contributed by atoms with Gasteiger partial charge in [0.1, 0.15) is 5.75 Å². The van der Waals surface area contributed by atoms with Crippen LogP contribution < -0.4 is 10.1 Å². The molecule has 1 aromatic carbocycles. The fourth-order valence-electron chi connectivity index (χ4n) is 2.49. The van der Waals surface area contributed by atoms with Crippen molar-refractivity contribution in [2.24, 2.45) is 5.92 Å². The van der Waals surface area contributed by atoms with E-state index in [9.17, 15) is 13.2 Å². The summed E-state index contributed by atoms with van der Waals surface area (Å²) in [4.78, 5) is 0. The Morgan fingerprint density at radius 2 is 2.10 bits per heavy atom. The first-order valence-corrected chi connectivity index (χ1v) is 7.06. The predicted molar refractivity (Wildman–Crippen MR) is 71.6 cm³/mol. The molecule has 0 spiro atoms. The minimum atomic E-state index is -4.63. The van der Waals surface area contributed by atoms with E-state index >= 15 is 0 Å². The third kappa shape index (κ3) is 5.04. The summed E-state index contributed by atoms with van der Waals surface area (Å²) in [6.07, 6.45) is -0.389. The molecule has 2 nitrogen and oxygen atoms in total. The summed E-state index contributed by atoms with van der Waals surface area (Å²) < 4.78 is 40.4. The summed E-state index contributed by atoms with van der Waals surface area (Å²) in [6.45, 7) is 3.01. The highest BCUT2D eigenvalue weighted by molar-refractivity contribution is 5.28. The summed E-state index contributed by atoms with van der Waals surface area (Å²) in [5.41, 5.74) is 0.885. The van der Waals surface area contributed by atoms with Crippen LogP contribution in [0.3, 0.4) is 0 Å². The molecule has 0 radical (unpaired) electrons. The van der Waals surface area contributed by atoms with Gasteiger partial charge in [0, 0.05) is 6.04 Å². The molecule has 1 N–H and O–H groups in total. The van der Waals surface area contributed by atoms with Crippen LogP contribution in [0.2, 0.25) is 0 Å². The van der Waals surface area contributed by atoms with Gasteiger partial charge in [0.25, 0.3) is 0 Å². The lowest BCUT2D eigenvalue weighted by molar-refractivity contribution is -0.274. The zero-order valence-electron chi connectivity index (χ0n) is 11.5. The van der Waals surface area contributed by atoms with Gasteiger partial charge in [-0.3, -0.25) is 0 Å². The summed E-state index contributed by atoms with van der Waals surface area (Å²) in [5, 5.41) is 3.46. The molecule has 0 heterocycles. The molecule has 0 aliphatic heterocycles. The average molecular weight is 287 g/mol. The highest BCUT2D eigenvalue weighted by Crippen LogP contribution is 2.34. The second-order valence-electron chi connectivity index (χ2n) is 5.24. The van der Waals surface area contributed by atoms with Gasteiger partial charge in [0.05, 0.1) is 0 Å². The van der Waals surface area contributed by atoms with Crippen molar-refractivity contribution in [2.75, 3.05) is 6.54 Å². The maximum absolute atomic E-state index is 12.2. The smallest absolute Gasteiger partial charge is 0.406 e. The van der Waals surface area contributed by atoms with Crippen LogP contribution in [0.4, 0.5) is 13.2 Å². The Kier molecular flexibility index (Phi) is 4.91. The molecule has 1 aliphatic carbocycles. The number of aryl methyl sites for hydroxylation is 1. The fourth-order valence-corrected chi connectivity index (χ4v) is 2.49. The third-order valence-corrected chi connectivity index (χ3v) is 3.53. The molecule has 1 aliphatic rings. The van der Waals surface area contributed by atoms with Gasteiger partial charge < -0.3 is 10.1 Å². The van der Waals surface area contributed by atoms with Gasteiger partial charge in [-0.05, 0) is 55.8 Å². The van der Waals surface area contributed by atoms with Crippen molar-refractivity contribution in [3.8, 4) is 5.75 Å². The molecule has 20 heavy (non-hydrogen) atoms. The quantitative estimate of drug-likeness (QED) is 0.821. The number of nitrogens with one attached hydrogen (secondary N) is 1. The van der Waals surface area contributed by atoms with Gasteiger partial charge in [-0.15, -0.1) is 13.2 Å². The second kappa shape index (κ2) is 6.48. The molecule has 1 aromatic rings. The number of hydrogen-bond donors (Lipinski definition) is 1. The van der Waals surface area contributed by atoms with E-state index in [1.165, 1.54) is 25.0 Å². The predicted octanol–water partition coefficient (Wildman–Crippen LogP) is 3.91. The normalized spacial score (nSPS) is 17.0. The summed E-state index contributed by atoms with van der Waals surface area (Å²) in [7, 11) is 0. The average Bonchev–Trinajstić information content (AvgIpc) is 3.17. The van der Waals surface area contributed by atoms with E-state index in [1.54, 1.807) is 6.07 Å². The van der Waals surface area contributed by atoms with E-state index in [0.29, 0.717) is 6.04 Å². The van der Waals surface area contributed by atoms with E-state index in [4.69, 9.17) is 0 Å². The highest BCUT2D eigenvalue weighted by atomic mass is 19.4. The number of halogens is 3. The van der Waals surface area contributed by atoms with Crippen molar-refractivity contribution < 1.29 is 17.9 Å². The SMILES string of the molecule is CCNC(CCc1cccc(OC(F)(F)F)c1)C1CC1. The van der Waals surface area contributed by atoms with Crippen molar-refractivity contribution in [1.29, 1.82) is 0 Å². The van der Waals surface area contributed by atoms with Crippen LogP contribution in [0.25, 0.3) is 0 Å². The summed E-state index contributed by atoms with van der Waals surface area (Å²) >= 11 is 0. The number of alkyl halides is 3. The molecule has 0 amide bonds. The van der Waals surface area contributed by atoms with E-state index in [-0.39, 0.29) is 5.75 Å². The monoisotopic (exact) mass is 287 g/mol. The maximum Gasteiger partial charge on any atom is 0.573 e. The molecule has 0 saturated heterocycles. The first-order valence-electron chi connectivity index (χ1n) is 7.06. The first kappa shape index (κ1) is 15.2. The zero-order valence-corrected chi connectivity index (χ0v) is 11.5.